The van der Waals surface area contributed by atoms with Gasteiger partial charge in [-0.05, 0) is 26.3 Å². The molecule has 0 spiro atoms. The van der Waals surface area contributed by atoms with E-state index in [0.717, 1.165) is 17.1 Å². The average Bonchev–Trinajstić information content (AvgIpc) is 2.67. The van der Waals surface area contributed by atoms with Gasteiger partial charge in [0.2, 0.25) is 10.0 Å². The van der Waals surface area contributed by atoms with Crippen LogP contribution in [0.15, 0.2) is 16.3 Å². The van der Waals surface area contributed by atoms with Crippen molar-refractivity contribution in [3.8, 4) is 0 Å². The van der Waals surface area contributed by atoms with Crippen LogP contribution in [-0.2, 0) is 14.8 Å². The number of nitrogens with one attached hydrogen (secondary N) is 1. The molecular formula is C12H19N3O4S. The molecule has 0 amide bonds. The molecule has 8 heteroatoms. The van der Waals surface area contributed by atoms with Crippen molar-refractivity contribution in [1.29, 1.82) is 0 Å². The molecule has 0 saturated carbocycles. The number of carbonyl (C=O) groups is 1. The molecule has 2 heterocycles. The van der Waals surface area contributed by atoms with Gasteiger partial charge >= 0.3 is 5.97 Å². The number of carboxylic acids is 1. The maximum Gasteiger partial charge on any atom is 0.320 e. The van der Waals surface area contributed by atoms with Gasteiger partial charge in [0.25, 0.3) is 0 Å². The fraction of sp³-hybridized carbons (Fsp3) is 0.667. The molecule has 0 radical (unpaired) electrons. The van der Waals surface area contributed by atoms with Crippen LogP contribution >= 0.6 is 0 Å². The Kier molecular flexibility index (Phi) is 3.88. The highest BCUT2D eigenvalue weighted by Crippen LogP contribution is 2.31. The SMILES string of the molecule is CC1=NC(C)C(C)=C2CC(NS(=O)(=O)CC(=O)O)CN12. The number of aliphatic carboxylic acids is 1. The van der Waals surface area contributed by atoms with Gasteiger partial charge in [0.05, 0.1) is 6.04 Å². The van der Waals surface area contributed by atoms with Crippen LogP contribution in [0.1, 0.15) is 27.2 Å². The van der Waals surface area contributed by atoms with Crippen LogP contribution in [0.25, 0.3) is 0 Å². The van der Waals surface area contributed by atoms with Gasteiger partial charge in [-0.25, -0.2) is 13.1 Å². The number of nitrogens with zero attached hydrogens (tertiary/aromatic N) is 2. The van der Waals surface area contributed by atoms with Crippen molar-refractivity contribution in [3.05, 3.63) is 11.3 Å². The van der Waals surface area contributed by atoms with Crippen molar-refractivity contribution >= 4 is 21.8 Å². The van der Waals surface area contributed by atoms with Gasteiger partial charge in [0, 0.05) is 24.7 Å². The van der Waals surface area contributed by atoms with Crippen molar-refractivity contribution in [1.82, 2.24) is 9.62 Å². The van der Waals surface area contributed by atoms with Gasteiger partial charge in [-0.2, -0.15) is 0 Å². The largest absolute Gasteiger partial charge is 0.480 e. The van der Waals surface area contributed by atoms with Crippen LogP contribution < -0.4 is 4.72 Å². The summed E-state index contributed by atoms with van der Waals surface area (Å²) in [4.78, 5) is 17.0. The summed E-state index contributed by atoms with van der Waals surface area (Å²) in [5.74, 6) is -1.38. The summed E-state index contributed by atoms with van der Waals surface area (Å²) < 4.78 is 25.8. The fourth-order valence-corrected chi connectivity index (χ4v) is 3.74. The summed E-state index contributed by atoms with van der Waals surface area (Å²) in [5.41, 5.74) is 2.23. The first-order chi connectivity index (χ1) is 9.19. The molecule has 2 atom stereocenters. The zero-order valence-electron chi connectivity index (χ0n) is 11.8. The summed E-state index contributed by atoms with van der Waals surface area (Å²) in [7, 11) is -3.79. The normalized spacial score (nSPS) is 26.6. The second-order valence-corrected chi connectivity index (χ2v) is 7.02. The fourth-order valence-electron chi connectivity index (χ4n) is 2.66. The second kappa shape index (κ2) is 5.17. The highest BCUT2D eigenvalue weighted by molar-refractivity contribution is 7.90. The number of hydrogen-bond acceptors (Lipinski definition) is 5. The Bertz CT molecular complexity index is 594. The van der Waals surface area contributed by atoms with E-state index in [-0.39, 0.29) is 12.1 Å². The van der Waals surface area contributed by atoms with Crippen LogP contribution in [0.4, 0.5) is 0 Å². The first kappa shape index (κ1) is 15.0. The van der Waals surface area contributed by atoms with Gasteiger partial charge in [0.15, 0.2) is 5.75 Å². The number of rotatable bonds is 4. The van der Waals surface area contributed by atoms with E-state index in [1.807, 2.05) is 25.7 Å². The van der Waals surface area contributed by atoms with E-state index >= 15 is 0 Å². The first-order valence-electron chi connectivity index (χ1n) is 6.43. The van der Waals surface area contributed by atoms with Crippen molar-refractivity contribution in [2.45, 2.75) is 39.3 Å². The topological polar surface area (TPSA) is 99.1 Å². The molecule has 2 aliphatic heterocycles. The number of carboxylic acid groups (broad SMARTS) is 1. The third-order valence-corrected chi connectivity index (χ3v) is 5.00. The summed E-state index contributed by atoms with van der Waals surface area (Å²) in [5, 5.41) is 8.59. The standard InChI is InChI=1S/C12H19N3O4S/c1-7-8(2)13-9(3)15-5-10(4-11(7)15)14-20(18,19)6-12(16)17/h8,10,14H,4-6H2,1-3H3,(H,16,17). The molecule has 2 unspecified atom stereocenters. The minimum Gasteiger partial charge on any atom is -0.480 e. The molecule has 1 fully saturated rings. The van der Waals surface area contributed by atoms with Crippen LogP contribution in [0.3, 0.4) is 0 Å². The van der Waals surface area contributed by atoms with Crippen molar-refractivity contribution in [2.75, 3.05) is 12.3 Å². The highest BCUT2D eigenvalue weighted by atomic mass is 32.2. The average molecular weight is 301 g/mol. The Morgan fingerprint density at radius 1 is 1.50 bits per heavy atom. The number of amidine groups is 1. The minimum atomic E-state index is -3.79. The van der Waals surface area contributed by atoms with E-state index in [0.29, 0.717) is 13.0 Å². The molecule has 2 N–H and O–H groups in total. The molecular weight excluding hydrogens is 282 g/mol. The zero-order chi connectivity index (χ0) is 15.1. The summed E-state index contributed by atoms with van der Waals surface area (Å²) in [6, 6.07) is -0.199. The van der Waals surface area contributed by atoms with Crippen LogP contribution in [0.5, 0.6) is 0 Å². The molecule has 0 aromatic carbocycles. The maximum absolute atomic E-state index is 11.7. The molecule has 112 valence electrons. The van der Waals surface area contributed by atoms with Gasteiger partial charge in [-0.3, -0.25) is 9.79 Å². The number of aliphatic imine (C=N–C) groups is 1. The van der Waals surface area contributed by atoms with Crippen molar-refractivity contribution in [3.63, 3.8) is 0 Å². The predicted molar refractivity (Wildman–Crippen MR) is 74.9 cm³/mol. The predicted octanol–water partition coefficient (Wildman–Crippen LogP) is 0.159. The van der Waals surface area contributed by atoms with E-state index in [1.54, 1.807) is 0 Å². The Morgan fingerprint density at radius 2 is 2.15 bits per heavy atom. The second-order valence-electron chi connectivity index (χ2n) is 5.26. The van der Waals surface area contributed by atoms with E-state index in [4.69, 9.17) is 5.11 Å². The third-order valence-electron chi connectivity index (χ3n) is 3.68. The quantitative estimate of drug-likeness (QED) is 0.770. The number of hydrogen-bond donors (Lipinski definition) is 2. The molecule has 0 aromatic heterocycles. The smallest absolute Gasteiger partial charge is 0.320 e. The minimum absolute atomic E-state index is 0.107. The Hall–Kier alpha value is -1.41. The zero-order valence-corrected chi connectivity index (χ0v) is 12.6. The van der Waals surface area contributed by atoms with Gasteiger partial charge in [0.1, 0.15) is 5.84 Å². The van der Waals surface area contributed by atoms with Gasteiger partial charge in [-0.15, -0.1) is 0 Å². The molecule has 1 saturated heterocycles. The lowest BCUT2D eigenvalue weighted by atomic mass is 10.0. The van der Waals surface area contributed by atoms with Crippen LogP contribution in [-0.4, -0.2) is 54.6 Å². The Morgan fingerprint density at radius 3 is 2.75 bits per heavy atom. The monoisotopic (exact) mass is 301 g/mol. The lowest BCUT2D eigenvalue weighted by Crippen LogP contribution is -2.40. The number of fused-ring (bicyclic) bond motifs is 1. The summed E-state index contributed by atoms with van der Waals surface area (Å²) >= 11 is 0. The molecule has 20 heavy (non-hydrogen) atoms. The molecule has 0 aromatic rings. The molecule has 2 rings (SSSR count). The molecule has 0 bridgehead atoms. The van der Waals surface area contributed by atoms with Crippen molar-refractivity contribution in [2.24, 2.45) is 4.99 Å². The molecule has 0 aliphatic carbocycles. The molecule has 2 aliphatic rings. The Balaban J connectivity index is 2.13. The Labute approximate surface area is 118 Å². The summed E-state index contributed by atoms with van der Waals surface area (Å²) in [6.07, 6.45) is 0.571. The van der Waals surface area contributed by atoms with Crippen LogP contribution in [0.2, 0.25) is 0 Å². The van der Waals surface area contributed by atoms with E-state index in [9.17, 15) is 13.2 Å². The molecule has 7 nitrogen and oxygen atoms in total. The number of sulfonamides is 1. The first-order valence-corrected chi connectivity index (χ1v) is 8.08. The van der Waals surface area contributed by atoms with E-state index < -0.39 is 21.7 Å². The maximum atomic E-state index is 11.7. The van der Waals surface area contributed by atoms with Gasteiger partial charge < -0.3 is 10.0 Å². The third kappa shape index (κ3) is 3.01. The highest BCUT2D eigenvalue weighted by Gasteiger charge is 2.35. The van der Waals surface area contributed by atoms with Crippen molar-refractivity contribution < 1.29 is 18.3 Å². The lowest BCUT2D eigenvalue weighted by molar-refractivity contribution is -0.134. The summed E-state index contributed by atoms with van der Waals surface area (Å²) in [6.45, 7) is 6.40. The van der Waals surface area contributed by atoms with E-state index in [2.05, 4.69) is 9.71 Å². The van der Waals surface area contributed by atoms with Crippen LogP contribution in [0, 0.1) is 0 Å². The van der Waals surface area contributed by atoms with E-state index in [1.165, 1.54) is 0 Å². The lowest BCUT2D eigenvalue weighted by Gasteiger charge is -2.28. The van der Waals surface area contributed by atoms with Gasteiger partial charge in [-0.1, -0.05) is 0 Å².